The summed E-state index contributed by atoms with van der Waals surface area (Å²) in [5, 5.41) is 1.95. The topological polar surface area (TPSA) is 52.0 Å². The summed E-state index contributed by atoms with van der Waals surface area (Å²) in [4.78, 5) is 32.9. The minimum atomic E-state index is -0.181. The normalized spacial score (nSPS) is 17.1. The maximum Gasteiger partial charge on any atom is 0.197 e. The van der Waals surface area contributed by atoms with Gasteiger partial charge >= 0.3 is 0 Å². The zero-order valence-corrected chi connectivity index (χ0v) is 18.2. The fourth-order valence-electron chi connectivity index (χ4n) is 5.09. The number of allylic oxidation sites excluding steroid dienone is 1. The highest BCUT2D eigenvalue weighted by Crippen LogP contribution is 2.37. The SMILES string of the molecule is Cn1c(C2CCCCC2)nc2sc(C=C3C(=O)c4cc5ccccc5cc4C3=O)cc21. The van der Waals surface area contributed by atoms with Crippen molar-refractivity contribution in [2.75, 3.05) is 0 Å². The van der Waals surface area contributed by atoms with Gasteiger partial charge in [0.15, 0.2) is 11.6 Å². The molecule has 0 radical (unpaired) electrons. The second kappa shape index (κ2) is 6.99. The van der Waals surface area contributed by atoms with Crippen molar-refractivity contribution < 1.29 is 9.59 Å². The van der Waals surface area contributed by atoms with E-state index in [1.165, 1.54) is 37.9 Å². The van der Waals surface area contributed by atoms with Crippen molar-refractivity contribution in [3.63, 3.8) is 0 Å². The number of Topliss-reactive ketones (excluding diaryl/α,β-unsaturated/α-hetero) is 2. The molecule has 2 aliphatic rings. The third kappa shape index (κ3) is 2.91. The van der Waals surface area contributed by atoms with E-state index < -0.39 is 0 Å². The summed E-state index contributed by atoms with van der Waals surface area (Å²) >= 11 is 1.56. The lowest BCUT2D eigenvalue weighted by molar-refractivity contribution is 0.0990. The molecular formula is C26H22N2O2S. The van der Waals surface area contributed by atoms with Gasteiger partial charge in [-0.3, -0.25) is 9.59 Å². The number of imidazole rings is 1. The Balaban J connectivity index is 1.38. The highest BCUT2D eigenvalue weighted by molar-refractivity contribution is 7.19. The first-order chi connectivity index (χ1) is 15.1. The Labute approximate surface area is 184 Å². The molecule has 0 spiro atoms. The molecule has 2 aromatic carbocycles. The van der Waals surface area contributed by atoms with Crippen LogP contribution in [0.5, 0.6) is 0 Å². The molecular weight excluding hydrogens is 404 g/mol. The highest BCUT2D eigenvalue weighted by Gasteiger charge is 2.33. The minimum absolute atomic E-state index is 0.181. The number of aryl methyl sites for hydroxylation is 1. The summed E-state index contributed by atoms with van der Waals surface area (Å²) in [6, 6.07) is 13.6. The van der Waals surface area contributed by atoms with Gasteiger partial charge < -0.3 is 4.57 Å². The average Bonchev–Trinajstić information content (AvgIpc) is 3.41. The third-order valence-electron chi connectivity index (χ3n) is 6.76. The van der Waals surface area contributed by atoms with Crippen LogP contribution in [0.15, 0.2) is 48.0 Å². The number of benzene rings is 2. The zero-order chi connectivity index (χ0) is 21.1. The van der Waals surface area contributed by atoms with E-state index >= 15 is 0 Å². The smallest absolute Gasteiger partial charge is 0.197 e. The van der Waals surface area contributed by atoms with Crippen molar-refractivity contribution in [1.82, 2.24) is 9.55 Å². The van der Waals surface area contributed by atoms with E-state index in [2.05, 4.69) is 17.7 Å². The summed E-state index contributed by atoms with van der Waals surface area (Å²) in [6.45, 7) is 0. The largest absolute Gasteiger partial charge is 0.330 e. The van der Waals surface area contributed by atoms with Crippen molar-refractivity contribution in [3.8, 4) is 0 Å². The minimum Gasteiger partial charge on any atom is -0.330 e. The number of carbonyl (C=O) groups excluding carboxylic acids is 2. The lowest BCUT2D eigenvalue weighted by Gasteiger charge is -2.21. The molecule has 0 saturated heterocycles. The molecule has 0 N–H and O–H groups in total. The Kier molecular flexibility index (Phi) is 4.22. The first-order valence-electron chi connectivity index (χ1n) is 10.9. The number of thiophene rings is 1. The standard InChI is InChI=1S/C26H22N2O2S/c1-28-22-14-18(31-26(22)27-25(28)15-7-3-2-4-8-15)13-21-23(29)19-11-16-9-5-6-10-17(16)12-20(19)24(21)30/h5-6,9-15H,2-4,7-8H2,1H3. The number of hydrogen-bond donors (Lipinski definition) is 0. The van der Waals surface area contributed by atoms with Crippen molar-refractivity contribution in [1.29, 1.82) is 0 Å². The molecule has 2 aliphatic carbocycles. The van der Waals surface area contributed by atoms with Gasteiger partial charge in [-0.25, -0.2) is 4.98 Å². The van der Waals surface area contributed by atoms with Crippen molar-refractivity contribution in [2.24, 2.45) is 7.05 Å². The van der Waals surface area contributed by atoms with E-state index in [4.69, 9.17) is 4.98 Å². The monoisotopic (exact) mass is 426 g/mol. The van der Waals surface area contributed by atoms with Crippen LogP contribution in [0, 0.1) is 0 Å². The second-order valence-corrected chi connectivity index (χ2v) is 9.73. The van der Waals surface area contributed by atoms with E-state index in [0.717, 1.165) is 26.0 Å². The van der Waals surface area contributed by atoms with Gasteiger partial charge in [-0.15, -0.1) is 11.3 Å². The van der Waals surface area contributed by atoms with Gasteiger partial charge in [0.05, 0.1) is 11.1 Å². The van der Waals surface area contributed by atoms with E-state index in [1.807, 2.05) is 36.4 Å². The number of fused-ring (bicyclic) bond motifs is 3. The molecule has 0 bridgehead atoms. The molecule has 31 heavy (non-hydrogen) atoms. The molecule has 0 amide bonds. The predicted molar refractivity (Wildman–Crippen MR) is 125 cm³/mol. The molecule has 4 nitrogen and oxygen atoms in total. The fourth-order valence-corrected chi connectivity index (χ4v) is 6.10. The quantitative estimate of drug-likeness (QED) is 0.279. The molecule has 4 aromatic rings. The number of aromatic nitrogens is 2. The van der Waals surface area contributed by atoms with Gasteiger partial charge in [-0.05, 0) is 47.9 Å². The lowest BCUT2D eigenvalue weighted by atomic mass is 9.89. The van der Waals surface area contributed by atoms with Crippen LogP contribution >= 0.6 is 11.3 Å². The van der Waals surface area contributed by atoms with Crippen LogP contribution in [-0.4, -0.2) is 21.1 Å². The second-order valence-electron chi connectivity index (χ2n) is 8.66. The average molecular weight is 427 g/mol. The van der Waals surface area contributed by atoms with Crippen LogP contribution in [0.3, 0.4) is 0 Å². The maximum atomic E-state index is 13.0. The van der Waals surface area contributed by atoms with Crippen LogP contribution in [0.4, 0.5) is 0 Å². The number of hydrogen-bond acceptors (Lipinski definition) is 4. The van der Waals surface area contributed by atoms with Crippen LogP contribution in [0.25, 0.3) is 27.2 Å². The number of nitrogens with zero attached hydrogens (tertiary/aromatic N) is 2. The molecule has 2 aromatic heterocycles. The predicted octanol–water partition coefficient (Wildman–Crippen LogP) is 6.30. The Morgan fingerprint density at radius 1 is 0.968 bits per heavy atom. The zero-order valence-electron chi connectivity index (χ0n) is 17.4. The maximum absolute atomic E-state index is 13.0. The number of rotatable bonds is 2. The van der Waals surface area contributed by atoms with Gasteiger partial charge in [0.25, 0.3) is 0 Å². The highest BCUT2D eigenvalue weighted by atomic mass is 32.1. The van der Waals surface area contributed by atoms with Crippen LogP contribution in [-0.2, 0) is 7.05 Å². The molecule has 1 saturated carbocycles. The molecule has 2 heterocycles. The first-order valence-corrected chi connectivity index (χ1v) is 11.7. The molecule has 0 unspecified atom stereocenters. The van der Waals surface area contributed by atoms with Crippen LogP contribution < -0.4 is 0 Å². The Morgan fingerprint density at radius 2 is 1.61 bits per heavy atom. The van der Waals surface area contributed by atoms with Crippen molar-refractivity contribution >= 4 is 50.1 Å². The van der Waals surface area contributed by atoms with Gasteiger partial charge in [0.1, 0.15) is 10.7 Å². The summed E-state index contributed by atoms with van der Waals surface area (Å²) in [5.74, 6) is 1.35. The summed E-state index contributed by atoms with van der Waals surface area (Å²) < 4.78 is 2.20. The first kappa shape index (κ1) is 18.7. The van der Waals surface area contributed by atoms with Crippen LogP contribution in [0.1, 0.15) is 69.4 Å². The van der Waals surface area contributed by atoms with Gasteiger partial charge in [0.2, 0.25) is 0 Å². The van der Waals surface area contributed by atoms with E-state index in [1.54, 1.807) is 17.4 Å². The van der Waals surface area contributed by atoms with E-state index in [-0.39, 0.29) is 17.1 Å². The third-order valence-corrected chi connectivity index (χ3v) is 7.72. The van der Waals surface area contributed by atoms with E-state index in [0.29, 0.717) is 17.0 Å². The summed E-state index contributed by atoms with van der Waals surface area (Å²) in [5.41, 5.74) is 2.35. The van der Waals surface area contributed by atoms with E-state index in [9.17, 15) is 9.59 Å². The Morgan fingerprint density at radius 3 is 2.23 bits per heavy atom. The van der Waals surface area contributed by atoms with Crippen LogP contribution in [0.2, 0.25) is 0 Å². The molecule has 0 atom stereocenters. The number of ketones is 2. The Bertz CT molecular complexity index is 1360. The van der Waals surface area contributed by atoms with Gasteiger partial charge in [0, 0.05) is 29.0 Å². The van der Waals surface area contributed by atoms with Gasteiger partial charge in [-0.1, -0.05) is 43.5 Å². The molecule has 154 valence electrons. The molecule has 5 heteroatoms. The molecule has 1 fully saturated rings. The van der Waals surface area contributed by atoms with Crippen molar-refractivity contribution in [2.45, 2.75) is 38.0 Å². The van der Waals surface area contributed by atoms with Gasteiger partial charge in [-0.2, -0.15) is 0 Å². The lowest BCUT2D eigenvalue weighted by Crippen LogP contribution is -2.10. The molecule has 6 rings (SSSR count). The molecule has 0 aliphatic heterocycles. The van der Waals surface area contributed by atoms with Crippen molar-refractivity contribution in [3.05, 3.63) is 69.9 Å². The summed E-state index contributed by atoms with van der Waals surface area (Å²) in [7, 11) is 2.08. The Hall–Kier alpha value is -3.05. The summed E-state index contributed by atoms with van der Waals surface area (Å²) in [6.07, 6.45) is 8.06. The number of carbonyl (C=O) groups is 2. The fraction of sp³-hybridized carbons (Fsp3) is 0.269.